The van der Waals surface area contributed by atoms with Crippen molar-refractivity contribution in [2.75, 3.05) is 0 Å². The van der Waals surface area contributed by atoms with Gasteiger partial charge in [-0.3, -0.25) is 4.79 Å². The van der Waals surface area contributed by atoms with Crippen LogP contribution in [0, 0.1) is 41.4 Å². The molecule has 3 atom stereocenters. The van der Waals surface area contributed by atoms with Gasteiger partial charge in [0.2, 0.25) is 0 Å². The summed E-state index contributed by atoms with van der Waals surface area (Å²) >= 11 is 0. The van der Waals surface area contributed by atoms with Crippen LogP contribution in [0.5, 0.6) is 0 Å². The number of hydrogen-bond donors (Lipinski definition) is 1. The highest BCUT2D eigenvalue weighted by molar-refractivity contribution is 5.81. The van der Waals surface area contributed by atoms with Crippen molar-refractivity contribution in [3.8, 4) is 0 Å². The van der Waals surface area contributed by atoms with Gasteiger partial charge in [-0.15, -0.1) is 0 Å². The van der Waals surface area contributed by atoms with Gasteiger partial charge in [0.1, 0.15) is 5.78 Å². The van der Waals surface area contributed by atoms with Gasteiger partial charge in [0.15, 0.2) is 0 Å². The van der Waals surface area contributed by atoms with Gasteiger partial charge in [0.05, 0.1) is 6.10 Å². The molecule has 2 aliphatic carbocycles. The third-order valence-electron chi connectivity index (χ3n) is 8.86. The number of ketones is 1. The molecule has 0 aromatic rings. The molecule has 1 N–H and O–H groups in total. The van der Waals surface area contributed by atoms with E-state index in [1.54, 1.807) is 0 Å². The highest BCUT2D eigenvalue weighted by Gasteiger charge is 2.28. The monoisotopic (exact) mass is 420 g/mol. The van der Waals surface area contributed by atoms with E-state index >= 15 is 0 Å². The molecule has 0 aromatic heterocycles. The lowest BCUT2D eigenvalue weighted by atomic mass is 9.76. The van der Waals surface area contributed by atoms with E-state index in [4.69, 9.17) is 0 Å². The van der Waals surface area contributed by atoms with Crippen molar-refractivity contribution in [2.45, 2.75) is 131 Å². The van der Waals surface area contributed by atoms with Crippen molar-refractivity contribution < 1.29 is 9.90 Å². The summed E-state index contributed by atoms with van der Waals surface area (Å²) in [6.45, 7) is 11.4. The Morgan fingerprint density at radius 1 is 0.900 bits per heavy atom. The summed E-state index contributed by atoms with van der Waals surface area (Å²) < 4.78 is 0. The van der Waals surface area contributed by atoms with E-state index in [1.807, 2.05) is 0 Å². The van der Waals surface area contributed by atoms with Crippen LogP contribution in [0.2, 0.25) is 0 Å². The summed E-state index contributed by atoms with van der Waals surface area (Å²) in [5.74, 6) is 4.90. The predicted octanol–water partition coefficient (Wildman–Crippen LogP) is 7.82. The van der Waals surface area contributed by atoms with Gasteiger partial charge in [-0.05, 0) is 67.6 Å². The summed E-state index contributed by atoms with van der Waals surface area (Å²) in [6.07, 6.45) is 16.4. The van der Waals surface area contributed by atoms with E-state index in [0.29, 0.717) is 29.5 Å². The first-order valence-electron chi connectivity index (χ1n) is 13.5. The fourth-order valence-corrected chi connectivity index (χ4v) is 6.11. The third-order valence-corrected chi connectivity index (χ3v) is 8.86. The molecule has 0 amide bonds. The molecule has 0 radical (unpaired) electrons. The maximum atomic E-state index is 12.8. The van der Waals surface area contributed by atoms with E-state index in [9.17, 15) is 9.90 Å². The topological polar surface area (TPSA) is 37.3 Å². The maximum Gasteiger partial charge on any atom is 0.136 e. The molecule has 0 aliphatic heterocycles. The Balaban J connectivity index is 1.68. The molecule has 2 aliphatic rings. The Morgan fingerprint density at radius 3 is 2.07 bits per heavy atom. The van der Waals surface area contributed by atoms with Gasteiger partial charge in [-0.25, -0.2) is 0 Å². The zero-order valence-electron chi connectivity index (χ0n) is 20.9. The molecule has 0 saturated heterocycles. The molecule has 2 nitrogen and oxygen atoms in total. The van der Waals surface area contributed by atoms with Crippen molar-refractivity contribution in [1.82, 2.24) is 0 Å². The SMILES string of the molecule is CCC1CCC(CC(C)[C@H](O)CCC[C@@H](CC(=O)[C@H]2CC[C@@H](C)CC2)C(C)C)CC1. The minimum atomic E-state index is -0.169. The number of aliphatic hydroxyl groups is 1. The predicted molar refractivity (Wildman–Crippen MR) is 128 cm³/mol. The van der Waals surface area contributed by atoms with E-state index in [2.05, 4.69) is 34.6 Å². The molecule has 176 valence electrons. The second kappa shape index (κ2) is 13.2. The summed E-state index contributed by atoms with van der Waals surface area (Å²) in [6, 6.07) is 0. The first-order valence-corrected chi connectivity index (χ1v) is 13.5. The third kappa shape index (κ3) is 8.64. The van der Waals surface area contributed by atoms with Gasteiger partial charge >= 0.3 is 0 Å². The normalized spacial score (nSPS) is 30.8. The van der Waals surface area contributed by atoms with Crippen molar-refractivity contribution in [1.29, 1.82) is 0 Å². The molecule has 0 heterocycles. The number of aliphatic hydroxyl groups excluding tert-OH is 1. The molecule has 2 saturated carbocycles. The molecule has 0 bridgehead atoms. The van der Waals surface area contributed by atoms with Crippen LogP contribution in [0.4, 0.5) is 0 Å². The Labute approximate surface area is 188 Å². The average Bonchev–Trinajstić information content (AvgIpc) is 2.73. The molecule has 2 fully saturated rings. The van der Waals surface area contributed by atoms with Crippen LogP contribution in [0.3, 0.4) is 0 Å². The lowest BCUT2D eigenvalue weighted by Gasteiger charge is -2.31. The van der Waals surface area contributed by atoms with Crippen LogP contribution in [0.1, 0.15) is 125 Å². The number of rotatable bonds is 12. The van der Waals surface area contributed by atoms with Crippen molar-refractivity contribution in [2.24, 2.45) is 41.4 Å². The van der Waals surface area contributed by atoms with Gasteiger partial charge in [0, 0.05) is 12.3 Å². The van der Waals surface area contributed by atoms with Crippen molar-refractivity contribution in [3.05, 3.63) is 0 Å². The van der Waals surface area contributed by atoms with Gasteiger partial charge < -0.3 is 5.11 Å². The Hall–Kier alpha value is -0.370. The molecule has 30 heavy (non-hydrogen) atoms. The highest BCUT2D eigenvalue weighted by atomic mass is 16.3. The minimum Gasteiger partial charge on any atom is -0.393 e. The molecule has 2 heteroatoms. The van der Waals surface area contributed by atoms with Gasteiger partial charge in [-0.2, -0.15) is 0 Å². The second-order valence-corrected chi connectivity index (χ2v) is 11.6. The molecule has 0 spiro atoms. The van der Waals surface area contributed by atoms with E-state index in [0.717, 1.165) is 56.3 Å². The number of Topliss-reactive ketones (excluding diaryl/α,β-unsaturated/α-hetero) is 1. The van der Waals surface area contributed by atoms with Crippen LogP contribution in [-0.2, 0) is 4.79 Å². The fourth-order valence-electron chi connectivity index (χ4n) is 6.11. The second-order valence-electron chi connectivity index (χ2n) is 11.6. The summed E-state index contributed by atoms with van der Waals surface area (Å²) in [5.41, 5.74) is 0. The quantitative estimate of drug-likeness (QED) is 0.349. The maximum absolute atomic E-state index is 12.8. The van der Waals surface area contributed by atoms with Crippen LogP contribution in [0.15, 0.2) is 0 Å². The fraction of sp³-hybridized carbons (Fsp3) is 0.964. The van der Waals surface area contributed by atoms with Crippen molar-refractivity contribution in [3.63, 3.8) is 0 Å². The van der Waals surface area contributed by atoms with Crippen LogP contribution in [-0.4, -0.2) is 17.0 Å². The summed E-state index contributed by atoms with van der Waals surface area (Å²) in [4.78, 5) is 12.8. The van der Waals surface area contributed by atoms with Crippen molar-refractivity contribution >= 4 is 5.78 Å². The molecule has 2 rings (SSSR count). The summed E-state index contributed by atoms with van der Waals surface area (Å²) in [7, 11) is 0. The average molecular weight is 421 g/mol. The van der Waals surface area contributed by atoms with Crippen LogP contribution >= 0.6 is 0 Å². The number of hydrogen-bond acceptors (Lipinski definition) is 2. The minimum absolute atomic E-state index is 0.169. The zero-order chi connectivity index (χ0) is 22.1. The Morgan fingerprint density at radius 2 is 1.50 bits per heavy atom. The standard InChI is InChI=1S/C28H52O2/c1-6-23-12-14-24(15-13-23)18-22(5)27(29)9-7-8-26(20(2)3)19-28(30)25-16-10-21(4)11-17-25/h20-27,29H,6-19H2,1-5H3/t21-,22?,23?,24?,25+,26-,27+/m0/s1. The molecular formula is C28H52O2. The number of carbonyl (C=O) groups is 1. The lowest BCUT2D eigenvalue weighted by Crippen LogP contribution is -2.25. The molecular weight excluding hydrogens is 368 g/mol. The summed E-state index contributed by atoms with van der Waals surface area (Å²) in [5, 5.41) is 10.7. The largest absolute Gasteiger partial charge is 0.393 e. The first kappa shape index (κ1) is 25.9. The van der Waals surface area contributed by atoms with Crippen LogP contribution < -0.4 is 0 Å². The van der Waals surface area contributed by atoms with E-state index < -0.39 is 0 Å². The van der Waals surface area contributed by atoms with Crippen LogP contribution in [0.25, 0.3) is 0 Å². The number of carbonyl (C=O) groups excluding carboxylic acids is 1. The van der Waals surface area contributed by atoms with E-state index in [-0.39, 0.29) is 6.10 Å². The Kier molecular flexibility index (Phi) is 11.4. The molecule has 0 aromatic carbocycles. The Bertz CT molecular complexity index is 469. The first-order chi connectivity index (χ1) is 14.3. The van der Waals surface area contributed by atoms with Gasteiger partial charge in [-0.1, -0.05) is 86.0 Å². The smallest absolute Gasteiger partial charge is 0.136 e. The van der Waals surface area contributed by atoms with E-state index in [1.165, 1.54) is 51.4 Å². The zero-order valence-corrected chi connectivity index (χ0v) is 20.9. The highest BCUT2D eigenvalue weighted by Crippen LogP contribution is 2.36. The molecule has 1 unspecified atom stereocenters. The van der Waals surface area contributed by atoms with Gasteiger partial charge in [0.25, 0.3) is 0 Å². The lowest BCUT2D eigenvalue weighted by molar-refractivity contribution is -0.125.